The molecule has 0 saturated carbocycles. The molecule has 0 amide bonds. The molecule has 0 saturated heterocycles. The van der Waals surface area contributed by atoms with Crippen molar-refractivity contribution in [3.05, 3.63) is 34.4 Å². The number of aromatic nitrogens is 1. The predicted octanol–water partition coefficient (Wildman–Crippen LogP) is 2.51. The first-order valence-electron chi connectivity index (χ1n) is 4.83. The van der Waals surface area contributed by atoms with Crippen molar-refractivity contribution in [1.29, 1.82) is 0 Å². The molecular formula is C11H11BrN2. The van der Waals surface area contributed by atoms with Gasteiger partial charge in [-0.05, 0) is 23.6 Å². The number of hydrogen-bond acceptors (Lipinski definition) is 1. The fraction of sp³-hybridized carbons (Fsp3) is 0.273. The molecule has 0 unspecified atom stereocenters. The third kappa shape index (κ3) is 1.20. The van der Waals surface area contributed by atoms with Crippen LogP contribution in [0.25, 0.3) is 10.9 Å². The minimum absolute atomic E-state index is 0.992. The first-order valence-corrected chi connectivity index (χ1v) is 5.62. The maximum absolute atomic E-state index is 3.52. The van der Waals surface area contributed by atoms with Crippen LogP contribution >= 0.6 is 15.9 Å². The van der Waals surface area contributed by atoms with E-state index in [9.17, 15) is 0 Å². The van der Waals surface area contributed by atoms with Crippen molar-refractivity contribution in [2.75, 3.05) is 6.54 Å². The largest absolute Gasteiger partial charge is 0.342 e. The normalized spacial score (nSPS) is 15.8. The lowest BCUT2D eigenvalue weighted by Crippen LogP contribution is -2.27. The van der Waals surface area contributed by atoms with Gasteiger partial charge in [-0.15, -0.1) is 0 Å². The van der Waals surface area contributed by atoms with Gasteiger partial charge in [0, 0.05) is 35.3 Å². The van der Waals surface area contributed by atoms with Crippen molar-refractivity contribution in [2.24, 2.45) is 0 Å². The van der Waals surface area contributed by atoms with Crippen molar-refractivity contribution in [2.45, 2.75) is 13.1 Å². The van der Waals surface area contributed by atoms with E-state index in [1.54, 1.807) is 0 Å². The Balaban J connectivity index is 2.32. The van der Waals surface area contributed by atoms with Crippen LogP contribution in [0.15, 0.2) is 28.7 Å². The summed E-state index contributed by atoms with van der Waals surface area (Å²) in [7, 11) is 0. The predicted molar refractivity (Wildman–Crippen MR) is 61.3 cm³/mol. The second-order valence-electron chi connectivity index (χ2n) is 3.67. The Morgan fingerprint density at radius 1 is 1.29 bits per heavy atom. The quantitative estimate of drug-likeness (QED) is 0.761. The topological polar surface area (TPSA) is 17.0 Å². The summed E-state index contributed by atoms with van der Waals surface area (Å²) in [6.07, 6.45) is 0. The van der Waals surface area contributed by atoms with E-state index in [1.165, 1.54) is 16.6 Å². The zero-order chi connectivity index (χ0) is 9.54. The summed E-state index contributed by atoms with van der Waals surface area (Å²) in [5.41, 5.74) is 2.74. The number of nitrogens with one attached hydrogen (secondary N) is 1. The zero-order valence-corrected chi connectivity index (χ0v) is 9.34. The first-order chi connectivity index (χ1) is 6.84. The van der Waals surface area contributed by atoms with E-state index in [2.05, 4.69) is 50.1 Å². The summed E-state index contributed by atoms with van der Waals surface area (Å²) in [6, 6.07) is 8.74. The van der Waals surface area contributed by atoms with Crippen LogP contribution in [-0.4, -0.2) is 11.1 Å². The molecule has 0 spiro atoms. The molecular weight excluding hydrogens is 240 g/mol. The third-order valence-electron chi connectivity index (χ3n) is 2.77. The summed E-state index contributed by atoms with van der Waals surface area (Å²) in [5.74, 6) is 0. The van der Waals surface area contributed by atoms with Crippen molar-refractivity contribution in [3.8, 4) is 0 Å². The van der Waals surface area contributed by atoms with Gasteiger partial charge in [0.1, 0.15) is 0 Å². The maximum Gasteiger partial charge on any atom is 0.0494 e. The van der Waals surface area contributed by atoms with Crippen LogP contribution in [0.1, 0.15) is 5.69 Å². The first kappa shape index (κ1) is 8.50. The van der Waals surface area contributed by atoms with Crippen LogP contribution in [-0.2, 0) is 13.1 Å². The van der Waals surface area contributed by atoms with Gasteiger partial charge < -0.3 is 9.88 Å². The third-order valence-corrected chi connectivity index (χ3v) is 3.26. The van der Waals surface area contributed by atoms with Crippen LogP contribution in [0.4, 0.5) is 0 Å². The zero-order valence-electron chi connectivity index (χ0n) is 7.76. The fourth-order valence-electron chi connectivity index (χ4n) is 2.10. The van der Waals surface area contributed by atoms with E-state index in [0.717, 1.165) is 24.1 Å². The van der Waals surface area contributed by atoms with Crippen LogP contribution in [0, 0.1) is 0 Å². The minimum atomic E-state index is 0.992. The van der Waals surface area contributed by atoms with E-state index in [1.807, 2.05) is 0 Å². The van der Waals surface area contributed by atoms with E-state index in [-0.39, 0.29) is 0 Å². The Hall–Kier alpha value is -0.800. The summed E-state index contributed by atoms with van der Waals surface area (Å²) < 4.78 is 3.56. The van der Waals surface area contributed by atoms with Gasteiger partial charge in [0.05, 0.1) is 0 Å². The van der Waals surface area contributed by atoms with Crippen molar-refractivity contribution in [3.63, 3.8) is 0 Å². The average molecular weight is 251 g/mol. The Morgan fingerprint density at radius 3 is 3.14 bits per heavy atom. The number of hydrogen-bond donors (Lipinski definition) is 1. The molecule has 2 nitrogen and oxygen atoms in total. The second kappa shape index (κ2) is 3.11. The molecule has 72 valence electrons. The van der Waals surface area contributed by atoms with Crippen molar-refractivity contribution < 1.29 is 0 Å². The highest BCUT2D eigenvalue weighted by atomic mass is 79.9. The van der Waals surface area contributed by atoms with Gasteiger partial charge in [0.15, 0.2) is 0 Å². The van der Waals surface area contributed by atoms with Gasteiger partial charge in [0.25, 0.3) is 0 Å². The van der Waals surface area contributed by atoms with Crippen molar-refractivity contribution in [1.82, 2.24) is 9.88 Å². The molecule has 1 aromatic heterocycles. The molecule has 0 bridgehead atoms. The van der Waals surface area contributed by atoms with E-state index < -0.39 is 0 Å². The molecule has 2 heterocycles. The summed E-state index contributed by atoms with van der Waals surface area (Å²) >= 11 is 3.52. The van der Waals surface area contributed by atoms with Crippen LogP contribution in [0.2, 0.25) is 0 Å². The number of nitrogens with zero attached hydrogens (tertiary/aromatic N) is 1. The molecule has 1 aromatic carbocycles. The standard InChI is InChI=1S/C11H11BrN2/c12-9-2-1-8-5-10-7-13-3-4-14(10)11(8)6-9/h1-2,5-6,13H,3-4,7H2. The van der Waals surface area contributed by atoms with E-state index in [0.29, 0.717) is 0 Å². The van der Waals surface area contributed by atoms with Gasteiger partial charge in [0.2, 0.25) is 0 Å². The Labute approximate surface area is 91.0 Å². The fourth-order valence-corrected chi connectivity index (χ4v) is 2.45. The van der Waals surface area contributed by atoms with Gasteiger partial charge in [-0.25, -0.2) is 0 Å². The summed E-state index contributed by atoms with van der Waals surface area (Å²) in [4.78, 5) is 0. The van der Waals surface area contributed by atoms with E-state index >= 15 is 0 Å². The molecule has 0 atom stereocenters. The highest BCUT2D eigenvalue weighted by Crippen LogP contribution is 2.24. The molecule has 3 rings (SSSR count). The Morgan fingerprint density at radius 2 is 2.21 bits per heavy atom. The van der Waals surface area contributed by atoms with E-state index in [4.69, 9.17) is 0 Å². The number of rotatable bonds is 0. The Kier molecular flexibility index (Phi) is 1.89. The second-order valence-corrected chi connectivity index (χ2v) is 4.58. The molecule has 1 N–H and O–H groups in total. The van der Waals surface area contributed by atoms with Gasteiger partial charge in [-0.2, -0.15) is 0 Å². The molecule has 0 aliphatic carbocycles. The highest BCUT2D eigenvalue weighted by molar-refractivity contribution is 9.10. The number of benzene rings is 1. The molecule has 1 aliphatic heterocycles. The highest BCUT2D eigenvalue weighted by Gasteiger charge is 2.11. The van der Waals surface area contributed by atoms with Crippen LogP contribution in [0.5, 0.6) is 0 Å². The van der Waals surface area contributed by atoms with Gasteiger partial charge in [-0.3, -0.25) is 0 Å². The lowest BCUT2D eigenvalue weighted by molar-refractivity contribution is 0.527. The summed E-state index contributed by atoms with van der Waals surface area (Å²) in [6.45, 7) is 3.14. The molecule has 3 heteroatoms. The number of fused-ring (bicyclic) bond motifs is 3. The lowest BCUT2D eigenvalue weighted by atomic mass is 10.2. The molecule has 0 fully saturated rings. The van der Waals surface area contributed by atoms with Crippen molar-refractivity contribution >= 4 is 26.8 Å². The van der Waals surface area contributed by atoms with Gasteiger partial charge in [-0.1, -0.05) is 22.0 Å². The summed E-state index contributed by atoms with van der Waals surface area (Å²) in [5, 5.41) is 4.72. The van der Waals surface area contributed by atoms with Gasteiger partial charge >= 0.3 is 0 Å². The molecule has 1 aliphatic rings. The minimum Gasteiger partial charge on any atom is -0.342 e. The molecule has 0 radical (unpaired) electrons. The van der Waals surface area contributed by atoms with Crippen LogP contribution in [0.3, 0.4) is 0 Å². The molecule has 14 heavy (non-hydrogen) atoms. The monoisotopic (exact) mass is 250 g/mol. The Bertz CT molecular complexity index is 487. The molecule has 2 aromatic rings. The maximum atomic E-state index is 3.52. The average Bonchev–Trinajstić information content (AvgIpc) is 2.56. The SMILES string of the molecule is Brc1ccc2cc3n(c2c1)CCNC3. The smallest absolute Gasteiger partial charge is 0.0494 e. The number of halogens is 1. The van der Waals surface area contributed by atoms with Crippen LogP contribution < -0.4 is 5.32 Å². The lowest BCUT2D eigenvalue weighted by Gasteiger charge is -2.17.